The summed E-state index contributed by atoms with van der Waals surface area (Å²) in [5.41, 5.74) is 5.38. The number of amides is 1. The number of rotatable bonds is 6. The summed E-state index contributed by atoms with van der Waals surface area (Å²) in [5, 5.41) is 20.0. The number of halogens is 1. The van der Waals surface area contributed by atoms with Crippen molar-refractivity contribution >= 4 is 35.0 Å². The molecule has 2 unspecified atom stereocenters. The average Bonchev–Trinajstić information content (AvgIpc) is 3.25. The first-order valence-corrected chi connectivity index (χ1v) is 12.7. The molecule has 2 heterocycles. The van der Waals surface area contributed by atoms with Gasteiger partial charge < -0.3 is 19.7 Å². The van der Waals surface area contributed by atoms with Crippen LogP contribution in [-0.4, -0.2) is 28.9 Å². The fourth-order valence-electron chi connectivity index (χ4n) is 4.65. The lowest BCUT2D eigenvalue weighted by molar-refractivity contribution is -0.138. The minimum atomic E-state index is -0.800. The van der Waals surface area contributed by atoms with Gasteiger partial charge in [-0.2, -0.15) is 0 Å². The average molecular weight is 532 g/mol. The van der Waals surface area contributed by atoms with Crippen molar-refractivity contribution in [1.29, 1.82) is 0 Å². The molecule has 0 fully saturated rings. The number of aromatic nitrogens is 1. The molecule has 8 nitrogen and oxygen atoms in total. The second-order valence-corrected chi connectivity index (χ2v) is 9.51. The summed E-state index contributed by atoms with van der Waals surface area (Å²) in [6, 6.07) is 20.6. The van der Waals surface area contributed by atoms with E-state index in [0.29, 0.717) is 28.5 Å². The molecule has 9 heteroatoms. The summed E-state index contributed by atoms with van der Waals surface area (Å²) in [5.74, 6) is -0.911. The number of nitrogens with zero attached hydrogens (tertiary/aromatic N) is 1. The molecule has 2 atom stereocenters. The number of fused-ring (bicyclic) bond motifs is 1. The van der Waals surface area contributed by atoms with Crippen molar-refractivity contribution < 1.29 is 24.0 Å². The number of carboxylic acid groups (broad SMARTS) is 1. The number of hydrogen-bond acceptors (Lipinski definition) is 6. The van der Waals surface area contributed by atoms with Crippen LogP contribution < -0.4 is 10.6 Å². The molecule has 0 aliphatic carbocycles. The predicted molar refractivity (Wildman–Crippen MR) is 145 cm³/mol. The molecule has 4 aromatic rings. The summed E-state index contributed by atoms with van der Waals surface area (Å²) < 4.78 is 10.9. The van der Waals surface area contributed by atoms with Crippen LogP contribution in [0.1, 0.15) is 42.9 Å². The summed E-state index contributed by atoms with van der Waals surface area (Å²) in [6.45, 7) is 2.48. The second-order valence-electron chi connectivity index (χ2n) is 9.10. The fourth-order valence-corrected chi connectivity index (χ4v) is 4.94. The number of nitrogens with one attached hydrogen (secondary N) is 2. The van der Waals surface area contributed by atoms with Crippen LogP contribution in [0.5, 0.6) is 0 Å². The minimum absolute atomic E-state index is 0.378. The van der Waals surface area contributed by atoms with Crippen LogP contribution in [0.4, 0.5) is 16.2 Å². The zero-order valence-corrected chi connectivity index (χ0v) is 21.4. The molecular formula is C29H26ClN3O5. The van der Waals surface area contributed by atoms with E-state index >= 15 is 0 Å². The van der Waals surface area contributed by atoms with E-state index in [9.17, 15) is 14.7 Å². The Morgan fingerprint density at radius 1 is 1.11 bits per heavy atom. The highest BCUT2D eigenvalue weighted by Gasteiger charge is 2.25. The maximum atomic E-state index is 12.5. The second kappa shape index (κ2) is 11.0. The van der Waals surface area contributed by atoms with E-state index in [-0.39, 0.29) is 0 Å². The van der Waals surface area contributed by atoms with Gasteiger partial charge in [0, 0.05) is 28.4 Å². The van der Waals surface area contributed by atoms with Crippen molar-refractivity contribution in [3.8, 4) is 22.5 Å². The van der Waals surface area contributed by atoms with Gasteiger partial charge in [-0.25, -0.2) is 4.79 Å². The Morgan fingerprint density at radius 2 is 1.84 bits per heavy atom. The molecule has 1 aromatic heterocycles. The van der Waals surface area contributed by atoms with Gasteiger partial charge in [-0.15, -0.1) is 0 Å². The van der Waals surface area contributed by atoms with E-state index in [2.05, 4.69) is 15.8 Å². The van der Waals surface area contributed by atoms with Crippen molar-refractivity contribution in [2.45, 2.75) is 31.8 Å². The standard InChI is InChI=1S/C29H26ClN3O5/c1-17(21-5-2-3-7-24(21)30)37-29(36)33-26-16-32-38-27(26)19-10-8-18(9-11-19)20-12-13-22-23(28(34)35)6-4-14-31-25(22)15-20/h2-3,5,7-13,15-17,23,31H,4,6,14H2,1H3,(H,33,36)(H,34,35). The molecule has 3 N–H and O–H groups in total. The van der Waals surface area contributed by atoms with E-state index < -0.39 is 24.1 Å². The zero-order chi connectivity index (χ0) is 26.6. The summed E-state index contributed by atoms with van der Waals surface area (Å²) in [6.07, 6.45) is 1.63. The predicted octanol–water partition coefficient (Wildman–Crippen LogP) is 7.35. The summed E-state index contributed by atoms with van der Waals surface area (Å²) in [7, 11) is 0. The number of hydrogen-bond donors (Lipinski definition) is 3. The summed E-state index contributed by atoms with van der Waals surface area (Å²) >= 11 is 6.20. The van der Waals surface area contributed by atoms with Crippen molar-refractivity contribution in [3.05, 3.63) is 89.1 Å². The maximum Gasteiger partial charge on any atom is 0.412 e. The third-order valence-corrected chi connectivity index (χ3v) is 6.97. The largest absolute Gasteiger partial charge is 0.481 e. The van der Waals surface area contributed by atoms with E-state index in [1.165, 1.54) is 6.20 Å². The lowest BCUT2D eigenvalue weighted by atomic mass is 9.92. The van der Waals surface area contributed by atoms with Gasteiger partial charge in [0.25, 0.3) is 0 Å². The molecule has 1 aliphatic rings. The molecule has 0 bridgehead atoms. The van der Waals surface area contributed by atoms with Crippen LogP contribution in [0.2, 0.25) is 5.02 Å². The third-order valence-electron chi connectivity index (χ3n) is 6.63. The first-order valence-electron chi connectivity index (χ1n) is 12.3. The SMILES string of the molecule is CC(OC(=O)Nc1cnoc1-c1ccc(-c2ccc3c(c2)NCCCC3C(=O)O)cc1)c1ccccc1Cl. The number of aliphatic carboxylic acids is 1. The van der Waals surface area contributed by atoms with Gasteiger partial charge in [-0.3, -0.25) is 10.1 Å². The first-order chi connectivity index (χ1) is 18.4. The number of carbonyl (C=O) groups excluding carboxylic acids is 1. The van der Waals surface area contributed by atoms with Crippen molar-refractivity contribution in [2.24, 2.45) is 0 Å². The summed E-state index contributed by atoms with van der Waals surface area (Å²) in [4.78, 5) is 24.3. The van der Waals surface area contributed by atoms with Crippen LogP contribution in [0.25, 0.3) is 22.5 Å². The number of carboxylic acids is 1. The van der Waals surface area contributed by atoms with Crippen molar-refractivity contribution in [2.75, 3.05) is 17.2 Å². The topological polar surface area (TPSA) is 114 Å². The Balaban J connectivity index is 1.31. The van der Waals surface area contributed by atoms with Gasteiger partial charge in [-0.1, -0.05) is 71.4 Å². The quantitative estimate of drug-likeness (QED) is 0.238. The van der Waals surface area contributed by atoms with E-state index in [1.807, 2.05) is 54.6 Å². The monoisotopic (exact) mass is 531 g/mol. The van der Waals surface area contributed by atoms with Gasteiger partial charge >= 0.3 is 12.1 Å². The van der Waals surface area contributed by atoms with Crippen LogP contribution in [-0.2, 0) is 9.53 Å². The Kier molecular flexibility index (Phi) is 7.33. The van der Waals surface area contributed by atoms with Gasteiger partial charge in [0.1, 0.15) is 11.8 Å². The number of anilines is 2. The molecule has 1 amide bonds. The normalized spacial score (nSPS) is 15.5. The molecule has 194 valence electrons. The highest BCUT2D eigenvalue weighted by atomic mass is 35.5. The molecule has 3 aromatic carbocycles. The molecule has 0 spiro atoms. The Hall–Kier alpha value is -4.30. The van der Waals surface area contributed by atoms with Crippen LogP contribution >= 0.6 is 11.6 Å². The van der Waals surface area contributed by atoms with Gasteiger partial charge in [0.05, 0.1) is 12.1 Å². The number of carbonyl (C=O) groups is 2. The van der Waals surface area contributed by atoms with Gasteiger partial charge in [0.2, 0.25) is 0 Å². The van der Waals surface area contributed by atoms with Crippen LogP contribution in [0.3, 0.4) is 0 Å². The Morgan fingerprint density at radius 3 is 2.61 bits per heavy atom. The van der Waals surface area contributed by atoms with E-state index in [0.717, 1.165) is 40.9 Å². The zero-order valence-electron chi connectivity index (χ0n) is 20.6. The lowest BCUT2D eigenvalue weighted by Gasteiger charge is -2.15. The number of ether oxygens (including phenoxy) is 1. The minimum Gasteiger partial charge on any atom is -0.481 e. The molecule has 38 heavy (non-hydrogen) atoms. The van der Waals surface area contributed by atoms with E-state index in [1.54, 1.807) is 19.1 Å². The Bertz CT molecular complexity index is 1470. The molecule has 1 aliphatic heterocycles. The van der Waals surface area contributed by atoms with Gasteiger partial charge in [0.15, 0.2) is 5.76 Å². The van der Waals surface area contributed by atoms with Crippen molar-refractivity contribution in [1.82, 2.24) is 5.16 Å². The molecule has 0 radical (unpaired) electrons. The van der Waals surface area contributed by atoms with Gasteiger partial charge in [-0.05, 0) is 48.6 Å². The molecular weight excluding hydrogens is 506 g/mol. The molecule has 0 saturated heterocycles. The number of benzene rings is 3. The first kappa shape index (κ1) is 25.4. The van der Waals surface area contributed by atoms with Crippen molar-refractivity contribution in [3.63, 3.8) is 0 Å². The van der Waals surface area contributed by atoms with E-state index in [4.69, 9.17) is 20.9 Å². The highest BCUT2D eigenvalue weighted by Crippen LogP contribution is 2.36. The fraction of sp³-hybridized carbons (Fsp3) is 0.207. The maximum absolute atomic E-state index is 12.5. The third kappa shape index (κ3) is 5.35. The smallest absolute Gasteiger partial charge is 0.412 e. The lowest BCUT2D eigenvalue weighted by Crippen LogP contribution is -2.16. The van der Waals surface area contributed by atoms with Crippen LogP contribution in [0, 0.1) is 0 Å². The highest BCUT2D eigenvalue weighted by molar-refractivity contribution is 6.31. The Labute approximate surface area is 224 Å². The molecule has 0 saturated carbocycles. The molecule has 5 rings (SSSR count). The van der Waals surface area contributed by atoms with Crippen LogP contribution in [0.15, 0.2) is 77.4 Å².